The lowest BCUT2D eigenvalue weighted by molar-refractivity contribution is 0.170. The van der Waals surface area contributed by atoms with Crippen molar-refractivity contribution in [2.75, 3.05) is 40.0 Å². The van der Waals surface area contributed by atoms with Crippen molar-refractivity contribution < 1.29 is 14.2 Å². The van der Waals surface area contributed by atoms with Crippen molar-refractivity contribution in [1.29, 1.82) is 0 Å². The Morgan fingerprint density at radius 3 is 2.43 bits per heavy atom. The Morgan fingerprint density at radius 1 is 1.10 bits per heavy atom. The monoisotopic (exact) mass is 293 g/mol. The van der Waals surface area contributed by atoms with Crippen molar-refractivity contribution in [2.24, 2.45) is 5.41 Å². The fourth-order valence-electron chi connectivity index (χ4n) is 2.44. The van der Waals surface area contributed by atoms with Crippen LogP contribution in [0.5, 0.6) is 11.5 Å². The largest absolute Gasteiger partial charge is 0.490 e. The second kappa shape index (κ2) is 8.25. The zero-order valence-electron chi connectivity index (χ0n) is 13.2. The summed E-state index contributed by atoms with van der Waals surface area (Å²) in [6.07, 6.45) is 3.79. The molecule has 1 aliphatic carbocycles. The molecule has 1 N–H and O–H groups in total. The zero-order valence-corrected chi connectivity index (χ0v) is 13.2. The van der Waals surface area contributed by atoms with Crippen molar-refractivity contribution in [3.63, 3.8) is 0 Å². The average Bonchev–Trinajstić information content (AvgIpc) is 3.27. The quantitative estimate of drug-likeness (QED) is 0.637. The first-order chi connectivity index (χ1) is 10.3. The Bertz CT molecular complexity index is 418. The van der Waals surface area contributed by atoms with Gasteiger partial charge in [0.05, 0.1) is 6.61 Å². The number of rotatable bonds is 11. The van der Waals surface area contributed by atoms with Gasteiger partial charge >= 0.3 is 0 Å². The molecule has 21 heavy (non-hydrogen) atoms. The number of nitrogens with one attached hydrogen (secondary N) is 1. The van der Waals surface area contributed by atoms with Gasteiger partial charge in [-0.15, -0.1) is 0 Å². The maximum absolute atomic E-state index is 5.79. The highest BCUT2D eigenvalue weighted by Gasteiger charge is 2.41. The molecule has 0 spiro atoms. The van der Waals surface area contributed by atoms with E-state index in [0.29, 0.717) is 18.6 Å². The maximum Gasteiger partial charge on any atom is 0.161 e. The van der Waals surface area contributed by atoms with Crippen LogP contribution in [0.25, 0.3) is 0 Å². The predicted octanol–water partition coefficient (Wildman–Crippen LogP) is 2.87. The van der Waals surface area contributed by atoms with Crippen LogP contribution in [0.2, 0.25) is 0 Å². The van der Waals surface area contributed by atoms with E-state index in [9.17, 15) is 0 Å². The number of ether oxygens (including phenoxy) is 3. The lowest BCUT2D eigenvalue weighted by Gasteiger charge is -2.16. The molecule has 1 aliphatic rings. The Kier molecular flexibility index (Phi) is 6.33. The molecule has 0 aliphatic heterocycles. The van der Waals surface area contributed by atoms with Crippen LogP contribution in [-0.4, -0.2) is 40.0 Å². The molecule has 1 aromatic rings. The van der Waals surface area contributed by atoms with E-state index in [0.717, 1.165) is 37.6 Å². The van der Waals surface area contributed by atoms with Crippen LogP contribution in [0, 0.1) is 5.41 Å². The molecule has 4 heteroatoms. The van der Waals surface area contributed by atoms with Crippen molar-refractivity contribution >= 4 is 0 Å². The molecule has 0 unspecified atom stereocenters. The minimum Gasteiger partial charge on any atom is -0.490 e. The standard InChI is InChI=1S/C17H27NO3/c1-3-20-15-6-4-5-7-16(15)21-13-11-18-14-17(8-9-17)10-12-19-2/h4-7,18H,3,8-14H2,1-2H3. The second-order valence-corrected chi connectivity index (χ2v) is 5.65. The Morgan fingerprint density at radius 2 is 1.81 bits per heavy atom. The lowest BCUT2D eigenvalue weighted by atomic mass is 10.0. The normalized spacial score (nSPS) is 15.7. The molecule has 4 nitrogen and oxygen atoms in total. The van der Waals surface area contributed by atoms with Gasteiger partial charge in [-0.1, -0.05) is 12.1 Å². The van der Waals surface area contributed by atoms with Crippen LogP contribution in [0.1, 0.15) is 26.2 Å². The number of para-hydroxylation sites is 2. The van der Waals surface area contributed by atoms with Crippen LogP contribution in [0.4, 0.5) is 0 Å². The topological polar surface area (TPSA) is 39.7 Å². The van der Waals surface area contributed by atoms with Crippen LogP contribution in [0.3, 0.4) is 0 Å². The number of hydrogen-bond donors (Lipinski definition) is 1. The van der Waals surface area contributed by atoms with Crippen LogP contribution < -0.4 is 14.8 Å². The van der Waals surface area contributed by atoms with Gasteiger partial charge in [-0.05, 0) is 43.7 Å². The minimum atomic E-state index is 0.485. The molecule has 0 saturated heterocycles. The predicted molar refractivity (Wildman–Crippen MR) is 84.1 cm³/mol. The summed E-state index contributed by atoms with van der Waals surface area (Å²) in [5, 5.41) is 3.50. The van der Waals surface area contributed by atoms with Gasteiger partial charge in [0.15, 0.2) is 11.5 Å². The van der Waals surface area contributed by atoms with Gasteiger partial charge in [0, 0.05) is 26.8 Å². The molecular weight excluding hydrogens is 266 g/mol. The minimum absolute atomic E-state index is 0.485. The van der Waals surface area contributed by atoms with Crippen molar-refractivity contribution in [3.8, 4) is 11.5 Å². The Hall–Kier alpha value is -1.26. The summed E-state index contributed by atoms with van der Waals surface area (Å²) in [6, 6.07) is 7.82. The second-order valence-electron chi connectivity index (χ2n) is 5.65. The first kappa shape index (κ1) is 16.1. The summed E-state index contributed by atoms with van der Waals surface area (Å²) in [6.45, 7) is 6.07. The Balaban J connectivity index is 1.64. The summed E-state index contributed by atoms with van der Waals surface area (Å²) in [7, 11) is 1.77. The lowest BCUT2D eigenvalue weighted by Crippen LogP contribution is -2.28. The molecule has 0 radical (unpaired) electrons. The maximum atomic E-state index is 5.79. The first-order valence-electron chi connectivity index (χ1n) is 7.84. The smallest absolute Gasteiger partial charge is 0.161 e. The van der Waals surface area contributed by atoms with Crippen molar-refractivity contribution in [2.45, 2.75) is 26.2 Å². The van der Waals surface area contributed by atoms with Crippen LogP contribution in [-0.2, 0) is 4.74 Å². The Labute approximate surface area is 127 Å². The van der Waals surface area contributed by atoms with Crippen LogP contribution >= 0.6 is 0 Å². The SMILES string of the molecule is CCOc1ccccc1OCCNCC1(CCOC)CC1. The van der Waals surface area contributed by atoms with Crippen molar-refractivity contribution in [3.05, 3.63) is 24.3 Å². The third-order valence-corrected chi connectivity index (χ3v) is 3.98. The van der Waals surface area contributed by atoms with Gasteiger partial charge in [0.25, 0.3) is 0 Å². The van der Waals surface area contributed by atoms with E-state index in [1.807, 2.05) is 31.2 Å². The summed E-state index contributed by atoms with van der Waals surface area (Å²) in [4.78, 5) is 0. The third-order valence-electron chi connectivity index (χ3n) is 3.98. The molecule has 0 heterocycles. The number of benzene rings is 1. The summed E-state index contributed by atoms with van der Waals surface area (Å²) < 4.78 is 16.5. The zero-order chi connectivity index (χ0) is 15.0. The third kappa shape index (κ3) is 5.21. The van der Waals surface area contributed by atoms with E-state index >= 15 is 0 Å². The molecule has 1 aromatic carbocycles. The fraction of sp³-hybridized carbons (Fsp3) is 0.647. The van der Waals surface area contributed by atoms with E-state index in [1.54, 1.807) is 7.11 Å². The highest BCUT2D eigenvalue weighted by Crippen LogP contribution is 2.48. The molecule has 0 atom stereocenters. The van der Waals surface area contributed by atoms with E-state index in [-0.39, 0.29) is 0 Å². The van der Waals surface area contributed by atoms with E-state index in [1.165, 1.54) is 12.8 Å². The fourth-order valence-corrected chi connectivity index (χ4v) is 2.44. The van der Waals surface area contributed by atoms with E-state index in [2.05, 4.69) is 5.32 Å². The van der Waals surface area contributed by atoms with Gasteiger partial charge in [-0.3, -0.25) is 0 Å². The molecule has 2 rings (SSSR count). The summed E-state index contributed by atoms with van der Waals surface area (Å²) in [5.74, 6) is 1.64. The molecular formula is C17H27NO3. The molecule has 0 bridgehead atoms. The molecule has 0 aromatic heterocycles. The highest BCUT2D eigenvalue weighted by atomic mass is 16.5. The van der Waals surface area contributed by atoms with Gasteiger partial charge in [-0.25, -0.2) is 0 Å². The molecule has 0 amide bonds. The first-order valence-corrected chi connectivity index (χ1v) is 7.84. The van der Waals surface area contributed by atoms with E-state index < -0.39 is 0 Å². The highest BCUT2D eigenvalue weighted by molar-refractivity contribution is 5.39. The van der Waals surface area contributed by atoms with Gasteiger partial charge in [0.2, 0.25) is 0 Å². The van der Waals surface area contributed by atoms with Gasteiger partial charge in [0.1, 0.15) is 6.61 Å². The molecule has 118 valence electrons. The van der Waals surface area contributed by atoms with Crippen LogP contribution in [0.15, 0.2) is 24.3 Å². The summed E-state index contributed by atoms with van der Waals surface area (Å²) in [5.41, 5.74) is 0.485. The van der Waals surface area contributed by atoms with E-state index in [4.69, 9.17) is 14.2 Å². The molecule has 1 saturated carbocycles. The van der Waals surface area contributed by atoms with Crippen molar-refractivity contribution in [1.82, 2.24) is 5.32 Å². The summed E-state index contributed by atoms with van der Waals surface area (Å²) >= 11 is 0. The average molecular weight is 293 g/mol. The van der Waals surface area contributed by atoms with Gasteiger partial charge < -0.3 is 19.5 Å². The van der Waals surface area contributed by atoms with Gasteiger partial charge in [-0.2, -0.15) is 0 Å². The molecule has 1 fully saturated rings. The number of methoxy groups -OCH3 is 1. The number of hydrogen-bond acceptors (Lipinski definition) is 4.